The molecule has 0 aliphatic carbocycles. The number of hydrogen-bond donors (Lipinski definition) is 3. The standard InChI is InChI=1S/C17H15Cl3N2O4/c18-11-7-13(20)15(8-12(11)19)22-16(24)9-26-17(25)10-3-1-2-4-14(10)21-5-6-23/h1-4,7-8,21,23H,5-6,9H2,(H,22,24). The summed E-state index contributed by atoms with van der Waals surface area (Å²) >= 11 is 17.7. The number of amides is 1. The van der Waals surface area contributed by atoms with Gasteiger partial charge in [0.1, 0.15) is 0 Å². The summed E-state index contributed by atoms with van der Waals surface area (Å²) in [5.41, 5.74) is 1.01. The molecule has 0 aliphatic rings. The first kappa shape index (κ1) is 20.3. The molecule has 6 nitrogen and oxygen atoms in total. The van der Waals surface area contributed by atoms with Crippen molar-refractivity contribution in [1.29, 1.82) is 0 Å². The molecule has 3 N–H and O–H groups in total. The molecular formula is C17H15Cl3N2O4. The molecule has 0 fully saturated rings. The van der Waals surface area contributed by atoms with E-state index in [2.05, 4.69) is 10.6 Å². The van der Waals surface area contributed by atoms with Gasteiger partial charge in [0.25, 0.3) is 5.91 Å². The van der Waals surface area contributed by atoms with Gasteiger partial charge < -0.3 is 20.5 Å². The van der Waals surface area contributed by atoms with E-state index >= 15 is 0 Å². The molecule has 0 aliphatic heterocycles. The maximum absolute atomic E-state index is 12.2. The van der Waals surface area contributed by atoms with Gasteiger partial charge in [0.05, 0.1) is 32.9 Å². The lowest BCUT2D eigenvalue weighted by Gasteiger charge is -2.12. The molecule has 0 spiro atoms. The summed E-state index contributed by atoms with van der Waals surface area (Å²) in [6.45, 7) is -0.319. The molecule has 0 unspecified atom stereocenters. The van der Waals surface area contributed by atoms with Crippen molar-refractivity contribution in [3.63, 3.8) is 0 Å². The van der Waals surface area contributed by atoms with Crippen molar-refractivity contribution >= 4 is 58.1 Å². The third kappa shape index (κ3) is 5.51. The van der Waals surface area contributed by atoms with Gasteiger partial charge in [-0.25, -0.2) is 4.79 Å². The Labute approximate surface area is 165 Å². The SMILES string of the molecule is O=C(COC(=O)c1ccccc1NCCO)Nc1cc(Cl)c(Cl)cc1Cl. The second-order valence-electron chi connectivity index (χ2n) is 5.07. The lowest BCUT2D eigenvalue weighted by Crippen LogP contribution is -2.21. The molecule has 138 valence electrons. The predicted molar refractivity (Wildman–Crippen MR) is 102 cm³/mol. The summed E-state index contributed by atoms with van der Waals surface area (Å²) in [7, 11) is 0. The van der Waals surface area contributed by atoms with Crippen molar-refractivity contribution in [2.24, 2.45) is 0 Å². The minimum Gasteiger partial charge on any atom is -0.452 e. The van der Waals surface area contributed by atoms with Crippen molar-refractivity contribution in [1.82, 2.24) is 0 Å². The summed E-state index contributed by atoms with van der Waals surface area (Å²) in [6, 6.07) is 9.42. The van der Waals surface area contributed by atoms with Crippen LogP contribution in [0.2, 0.25) is 15.1 Å². The highest BCUT2D eigenvalue weighted by molar-refractivity contribution is 6.44. The number of hydrogen-bond acceptors (Lipinski definition) is 5. The number of halogens is 3. The number of carbonyl (C=O) groups is 2. The van der Waals surface area contributed by atoms with Crippen LogP contribution in [0.5, 0.6) is 0 Å². The lowest BCUT2D eigenvalue weighted by atomic mass is 10.2. The Bertz CT molecular complexity index is 815. The fourth-order valence-corrected chi connectivity index (χ4v) is 2.61. The topological polar surface area (TPSA) is 87.7 Å². The number of para-hydroxylation sites is 1. The van der Waals surface area contributed by atoms with E-state index in [4.69, 9.17) is 44.6 Å². The van der Waals surface area contributed by atoms with Crippen molar-refractivity contribution in [3.05, 3.63) is 57.0 Å². The minimum atomic E-state index is -0.679. The van der Waals surface area contributed by atoms with Gasteiger partial charge in [0.15, 0.2) is 6.61 Å². The first-order valence-electron chi connectivity index (χ1n) is 7.47. The van der Waals surface area contributed by atoms with Crippen molar-refractivity contribution in [2.45, 2.75) is 0 Å². The van der Waals surface area contributed by atoms with Crippen molar-refractivity contribution in [2.75, 3.05) is 30.4 Å². The van der Waals surface area contributed by atoms with Crippen LogP contribution in [0.3, 0.4) is 0 Å². The predicted octanol–water partition coefficient (Wildman–Crippen LogP) is 3.85. The molecule has 2 rings (SSSR count). The van der Waals surface area contributed by atoms with E-state index in [0.717, 1.165) is 0 Å². The van der Waals surface area contributed by atoms with E-state index < -0.39 is 18.5 Å². The van der Waals surface area contributed by atoms with Crippen LogP contribution in [0.25, 0.3) is 0 Å². The highest BCUT2D eigenvalue weighted by atomic mass is 35.5. The Morgan fingerprint density at radius 3 is 2.42 bits per heavy atom. The van der Waals surface area contributed by atoms with Crippen LogP contribution in [-0.2, 0) is 9.53 Å². The summed E-state index contributed by atoms with van der Waals surface area (Å²) in [4.78, 5) is 24.2. The quantitative estimate of drug-likeness (QED) is 0.470. The maximum atomic E-state index is 12.2. The second-order valence-corrected chi connectivity index (χ2v) is 6.29. The number of aliphatic hydroxyl groups is 1. The molecule has 2 aromatic rings. The van der Waals surface area contributed by atoms with Crippen LogP contribution in [0.1, 0.15) is 10.4 Å². The Morgan fingerprint density at radius 2 is 1.69 bits per heavy atom. The average molecular weight is 418 g/mol. The van der Waals surface area contributed by atoms with E-state index in [0.29, 0.717) is 5.69 Å². The molecule has 2 aromatic carbocycles. The van der Waals surface area contributed by atoms with Crippen LogP contribution in [0, 0.1) is 0 Å². The minimum absolute atomic E-state index is 0.0871. The van der Waals surface area contributed by atoms with Gasteiger partial charge in [0.2, 0.25) is 0 Å². The van der Waals surface area contributed by atoms with Crippen molar-refractivity contribution in [3.8, 4) is 0 Å². The number of rotatable bonds is 7. The zero-order valence-electron chi connectivity index (χ0n) is 13.4. The number of aliphatic hydroxyl groups excluding tert-OH is 1. The molecular weight excluding hydrogens is 403 g/mol. The van der Waals surface area contributed by atoms with Crippen molar-refractivity contribution < 1.29 is 19.4 Å². The third-order valence-corrected chi connectivity index (χ3v) is 4.23. The fraction of sp³-hybridized carbons (Fsp3) is 0.176. The van der Waals surface area contributed by atoms with Gasteiger partial charge >= 0.3 is 5.97 Å². The molecule has 0 aromatic heterocycles. The molecule has 0 saturated heterocycles. The number of nitrogens with one attached hydrogen (secondary N) is 2. The number of ether oxygens (including phenoxy) is 1. The van der Waals surface area contributed by atoms with Crippen LogP contribution in [0.4, 0.5) is 11.4 Å². The first-order chi connectivity index (χ1) is 12.4. The van der Waals surface area contributed by atoms with E-state index in [-0.39, 0.29) is 39.5 Å². The Kier molecular flexibility index (Phi) is 7.53. The Hall–Kier alpha value is -1.99. The monoisotopic (exact) mass is 416 g/mol. The number of benzene rings is 2. The molecule has 0 bridgehead atoms. The molecule has 26 heavy (non-hydrogen) atoms. The molecule has 0 heterocycles. The van der Waals surface area contributed by atoms with Crippen LogP contribution in [-0.4, -0.2) is 36.7 Å². The zero-order chi connectivity index (χ0) is 19.1. The first-order valence-corrected chi connectivity index (χ1v) is 8.61. The second kappa shape index (κ2) is 9.64. The molecule has 0 radical (unpaired) electrons. The van der Waals surface area contributed by atoms with Gasteiger partial charge in [-0.15, -0.1) is 0 Å². The van der Waals surface area contributed by atoms with E-state index in [9.17, 15) is 9.59 Å². The molecule has 0 atom stereocenters. The lowest BCUT2D eigenvalue weighted by molar-refractivity contribution is -0.119. The Balaban J connectivity index is 1.97. The highest BCUT2D eigenvalue weighted by Crippen LogP contribution is 2.32. The Morgan fingerprint density at radius 1 is 1.00 bits per heavy atom. The number of carbonyl (C=O) groups excluding carboxylic acids is 2. The van der Waals surface area contributed by atoms with Crippen LogP contribution < -0.4 is 10.6 Å². The van der Waals surface area contributed by atoms with Gasteiger partial charge in [-0.3, -0.25) is 4.79 Å². The summed E-state index contributed by atoms with van der Waals surface area (Å²) in [5.74, 6) is -1.26. The van der Waals surface area contributed by atoms with E-state index in [1.165, 1.54) is 12.1 Å². The van der Waals surface area contributed by atoms with E-state index in [1.54, 1.807) is 24.3 Å². The smallest absolute Gasteiger partial charge is 0.340 e. The molecule has 1 amide bonds. The number of anilines is 2. The zero-order valence-corrected chi connectivity index (χ0v) is 15.7. The van der Waals surface area contributed by atoms with Gasteiger partial charge in [-0.2, -0.15) is 0 Å². The molecule has 0 saturated carbocycles. The number of esters is 1. The van der Waals surface area contributed by atoms with E-state index in [1.807, 2.05) is 0 Å². The third-order valence-electron chi connectivity index (χ3n) is 3.19. The normalized spacial score (nSPS) is 10.3. The highest BCUT2D eigenvalue weighted by Gasteiger charge is 2.15. The van der Waals surface area contributed by atoms with Gasteiger partial charge in [0, 0.05) is 12.2 Å². The average Bonchev–Trinajstić information content (AvgIpc) is 2.62. The van der Waals surface area contributed by atoms with Gasteiger partial charge in [-0.05, 0) is 24.3 Å². The largest absolute Gasteiger partial charge is 0.452 e. The summed E-state index contributed by atoms with van der Waals surface area (Å²) in [5, 5.41) is 15.0. The fourth-order valence-electron chi connectivity index (χ4n) is 2.02. The van der Waals surface area contributed by atoms with Crippen LogP contribution in [0.15, 0.2) is 36.4 Å². The summed E-state index contributed by atoms with van der Waals surface area (Å²) in [6.07, 6.45) is 0. The maximum Gasteiger partial charge on any atom is 0.340 e. The molecule has 9 heteroatoms. The summed E-state index contributed by atoms with van der Waals surface area (Å²) < 4.78 is 5.02. The van der Waals surface area contributed by atoms with Crippen LogP contribution >= 0.6 is 34.8 Å². The van der Waals surface area contributed by atoms with Gasteiger partial charge in [-0.1, -0.05) is 46.9 Å².